The molecule has 1 heterocycles. The van der Waals surface area contributed by atoms with Crippen LogP contribution in [0.15, 0.2) is 24.4 Å². The Bertz CT molecular complexity index is 679. The second kappa shape index (κ2) is 5.69. The van der Waals surface area contributed by atoms with E-state index in [-0.39, 0.29) is 5.56 Å². The van der Waals surface area contributed by atoms with Crippen LogP contribution < -0.4 is 4.74 Å². The van der Waals surface area contributed by atoms with Crippen LogP contribution in [0.2, 0.25) is 0 Å². The number of aromatic carboxylic acids is 1. The molecule has 5 heteroatoms. The first kappa shape index (κ1) is 13.8. The fourth-order valence-corrected chi connectivity index (χ4v) is 2.37. The molecule has 3 rings (SSSR count). The molecule has 1 fully saturated rings. The van der Waals surface area contributed by atoms with Crippen molar-refractivity contribution < 1.29 is 19.4 Å². The number of hydrogen-bond acceptors (Lipinski definition) is 4. The number of aromatic nitrogens is 1. The Morgan fingerprint density at radius 2 is 2.14 bits per heavy atom. The lowest BCUT2D eigenvalue weighted by atomic mass is 10.0. The van der Waals surface area contributed by atoms with Gasteiger partial charge in [-0.2, -0.15) is 0 Å². The van der Waals surface area contributed by atoms with Crippen LogP contribution in [-0.2, 0) is 4.74 Å². The van der Waals surface area contributed by atoms with Crippen LogP contribution in [-0.4, -0.2) is 36.4 Å². The number of hydrogen-bond donors (Lipinski definition) is 1. The Morgan fingerprint density at radius 3 is 2.81 bits per heavy atom. The second-order valence-corrected chi connectivity index (χ2v) is 5.23. The van der Waals surface area contributed by atoms with Crippen LogP contribution in [0.5, 0.6) is 5.75 Å². The molecule has 110 valence electrons. The predicted molar refractivity (Wildman–Crippen MR) is 78.0 cm³/mol. The minimum absolute atomic E-state index is 0.206. The highest BCUT2D eigenvalue weighted by atomic mass is 16.5. The monoisotopic (exact) mass is 287 g/mol. The molecule has 0 atom stereocenters. The van der Waals surface area contributed by atoms with Crippen molar-refractivity contribution in [3.8, 4) is 5.75 Å². The van der Waals surface area contributed by atoms with E-state index in [1.54, 1.807) is 13.2 Å². The van der Waals surface area contributed by atoms with E-state index in [2.05, 4.69) is 4.98 Å². The number of methoxy groups -OCH3 is 1. The van der Waals surface area contributed by atoms with Crippen molar-refractivity contribution in [3.63, 3.8) is 0 Å². The maximum Gasteiger partial charge on any atom is 0.337 e. The summed E-state index contributed by atoms with van der Waals surface area (Å²) in [4.78, 5) is 15.3. The molecule has 0 amide bonds. The number of ether oxygens (including phenoxy) is 2. The minimum atomic E-state index is -0.960. The summed E-state index contributed by atoms with van der Waals surface area (Å²) >= 11 is 0. The minimum Gasteiger partial charge on any atom is -0.491 e. The summed E-state index contributed by atoms with van der Waals surface area (Å²) in [5.74, 6) is 0.385. The van der Waals surface area contributed by atoms with Gasteiger partial charge < -0.3 is 14.6 Å². The highest BCUT2D eigenvalue weighted by Crippen LogP contribution is 2.45. The van der Waals surface area contributed by atoms with Crippen molar-refractivity contribution in [2.75, 3.05) is 20.3 Å². The highest BCUT2D eigenvalue weighted by molar-refractivity contribution is 5.93. The van der Waals surface area contributed by atoms with E-state index in [1.165, 1.54) is 6.20 Å². The quantitative estimate of drug-likeness (QED) is 0.827. The maximum absolute atomic E-state index is 11.0. The molecule has 1 saturated carbocycles. The van der Waals surface area contributed by atoms with Crippen molar-refractivity contribution in [1.82, 2.24) is 4.98 Å². The van der Waals surface area contributed by atoms with Gasteiger partial charge in [0.2, 0.25) is 0 Å². The number of fused-ring (bicyclic) bond motifs is 1. The Morgan fingerprint density at radius 1 is 1.33 bits per heavy atom. The van der Waals surface area contributed by atoms with Crippen molar-refractivity contribution >= 4 is 16.9 Å². The topological polar surface area (TPSA) is 68.7 Å². The molecule has 1 aromatic carbocycles. The zero-order chi connectivity index (χ0) is 14.8. The summed E-state index contributed by atoms with van der Waals surface area (Å²) in [6.45, 7) is 1.03. The number of rotatable bonds is 6. The lowest BCUT2D eigenvalue weighted by Crippen LogP contribution is -2.06. The van der Waals surface area contributed by atoms with Crippen molar-refractivity contribution in [1.29, 1.82) is 0 Å². The van der Waals surface area contributed by atoms with E-state index in [0.717, 1.165) is 35.1 Å². The molecule has 2 aromatic rings. The van der Waals surface area contributed by atoms with Crippen LogP contribution in [0, 0.1) is 0 Å². The van der Waals surface area contributed by atoms with Crippen LogP contribution in [0.4, 0.5) is 0 Å². The summed E-state index contributed by atoms with van der Waals surface area (Å²) in [5.41, 5.74) is 2.09. The lowest BCUT2D eigenvalue weighted by molar-refractivity contribution is 0.0696. The number of nitrogens with zero attached hydrogens (tertiary/aromatic N) is 1. The molecule has 1 aromatic heterocycles. The van der Waals surface area contributed by atoms with Crippen LogP contribution in [0.25, 0.3) is 10.9 Å². The Labute approximate surface area is 122 Å². The van der Waals surface area contributed by atoms with Gasteiger partial charge in [0, 0.05) is 24.8 Å². The molecule has 0 radical (unpaired) electrons. The average molecular weight is 287 g/mol. The third-order valence-corrected chi connectivity index (χ3v) is 3.62. The summed E-state index contributed by atoms with van der Waals surface area (Å²) < 4.78 is 10.8. The molecule has 1 N–H and O–H groups in total. The van der Waals surface area contributed by atoms with Crippen LogP contribution in [0.3, 0.4) is 0 Å². The van der Waals surface area contributed by atoms with E-state index in [0.29, 0.717) is 19.1 Å². The molecule has 0 spiro atoms. The normalized spacial score (nSPS) is 14.3. The molecule has 1 aliphatic rings. The van der Waals surface area contributed by atoms with Gasteiger partial charge >= 0.3 is 5.97 Å². The van der Waals surface area contributed by atoms with Gasteiger partial charge in [-0.1, -0.05) is 0 Å². The third-order valence-electron chi connectivity index (χ3n) is 3.62. The molecule has 1 aliphatic carbocycles. The zero-order valence-electron chi connectivity index (χ0n) is 11.8. The van der Waals surface area contributed by atoms with Gasteiger partial charge in [-0.3, -0.25) is 4.98 Å². The van der Waals surface area contributed by atoms with Gasteiger partial charge in [-0.15, -0.1) is 0 Å². The van der Waals surface area contributed by atoms with E-state index in [1.807, 2.05) is 12.1 Å². The smallest absolute Gasteiger partial charge is 0.337 e. The van der Waals surface area contributed by atoms with Crippen LogP contribution in [0.1, 0.15) is 34.7 Å². The summed E-state index contributed by atoms with van der Waals surface area (Å²) in [6, 6.07) is 5.56. The maximum atomic E-state index is 11.0. The Balaban J connectivity index is 2.00. The van der Waals surface area contributed by atoms with Gasteiger partial charge in [-0.05, 0) is 36.5 Å². The van der Waals surface area contributed by atoms with E-state index < -0.39 is 5.97 Å². The molecule has 0 aliphatic heterocycles. The van der Waals surface area contributed by atoms with E-state index in [4.69, 9.17) is 14.6 Å². The SMILES string of the molecule is COCCOc1cc2ncc(C(=O)O)cc2cc1C1CC1. The average Bonchev–Trinajstić information content (AvgIpc) is 3.30. The molecule has 5 nitrogen and oxygen atoms in total. The summed E-state index contributed by atoms with van der Waals surface area (Å²) in [7, 11) is 1.64. The number of carbonyl (C=O) groups is 1. The molecular weight excluding hydrogens is 270 g/mol. The standard InChI is InChI=1S/C16H17NO4/c1-20-4-5-21-15-8-14-11(7-13(15)10-2-3-10)6-12(9-17-14)16(18)19/h6-10H,2-5H2,1H3,(H,18,19). The second-order valence-electron chi connectivity index (χ2n) is 5.23. The van der Waals surface area contributed by atoms with Gasteiger partial charge in [0.1, 0.15) is 12.4 Å². The Hall–Kier alpha value is -2.14. The fraction of sp³-hybridized carbons (Fsp3) is 0.375. The van der Waals surface area contributed by atoms with E-state index in [9.17, 15) is 4.79 Å². The van der Waals surface area contributed by atoms with Gasteiger partial charge in [0.25, 0.3) is 0 Å². The van der Waals surface area contributed by atoms with Gasteiger partial charge in [0.15, 0.2) is 0 Å². The Kier molecular flexibility index (Phi) is 3.75. The molecule has 0 unspecified atom stereocenters. The first-order chi connectivity index (χ1) is 10.2. The number of carboxylic acids is 1. The molecule has 21 heavy (non-hydrogen) atoms. The predicted octanol–water partition coefficient (Wildman–Crippen LogP) is 2.84. The summed E-state index contributed by atoms with van der Waals surface area (Å²) in [5, 5.41) is 9.90. The molecular formula is C16H17NO4. The zero-order valence-corrected chi connectivity index (χ0v) is 11.8. The van der Waals surface area contributed by atoms with Crippen molar-refractivity contribution in [2.24, 2.45) is 0 Å². The molecule has 0 saturated heterocycles. The number of pyridine rings is 1. The van der Waals surface area contributed by atoms with E-state index >= 15 is 0 Å². The molecule has 0 bridgehead atoms. The first-order valence-corrected chi connectivity index (χ1v) is 6.98. The number of benzene rings is 1. The lowest BCUT2D eigenvalue weighted by Gasteiger charge is -2.12. The third kappa shape index (κ3) is 2.97. The van der Waals surface area contributed by atoms with Crippen molar-refractivity contribution in [2.45, 2.75) is 18.8 Å². The summed E-state index contributed by atoms with van der Waals surface area (Å²) in [6.07, 6.45) is 3.68. The number of carboxylic acid groups (broad SMARTS) is 1. The fourth-order valence-electron chi connectivity index (χ4n) is 2.37. The van der Waals surface area contributed by atoms with Crippen LogP contribution >= 0.6 is 0 Å². The van der Waals surface area contributed by atoms with Gasteiger partial charge in [0.05, 0.1) is 17.7 Å². The largest absolute Gasteiger partial charge is 0.491 e. The van der Waals surface area contributed by atoms with Crippen molar-refractivity contribution in [3.05, 3.63) is 35.5 Å². The first-order valence-electron chi connectivity index (χ1n) is 6.98. The van der Waals surface area contributed by atoms with Gasteiger partial charge in [-0.25, -0.2) is 4.79 Å². The highest BCUT2D eigenvalue weighted by Gasteiger charge is 2.27.